The summed E-state index contributed by atoms with van der Waals surface area (Å²) in [7, 11) is 0.987. The highest BCUT2D eigenvalue weighted by Crippen LogP contribution is 2.16. The van der Waals surface area contributed by atoms with Crippen LogP contribution in [0.5, 0.6) is 0 Å². The Hall–Kier alpha value is 0.730. The molecule has 0 aliphatic heterocycles. The van der Waals surface area contributed by atoms with Gasteiger partial charge in [0.05, 0.1) is 0 Å². The van der Waals surface area contributed by atoms with E-state index in [9.17, 15) is 0 Å². The van der Waals surface area contributed by atoms with Crippen LogP contribution in [0.15, 0.2) is 0 Å². The summed E-state index contributed by atoms with van der Waals surface area (Å²) in [6.45, 7) is 4.59. The number of hydrogen-bond donors (Lipinski definition) is 0. The Kier molecular flexibility index (Phi) is 8.40. The van der Waals surface area contributed by atoms with Crippen LogP contribution in [-0.4, -0.2) is 32.0 Å². The lowest BCUT2D eigenvalue weighted by Crippen LogP contribution is -1.81. The highest BCUT2D eigenvalue weighted by atomic mass is 31.1. The van der Waals surface area contributed by atoms with Crippen LogP contribution in [0.4, 0.5) is 0 Å². The molecule has 0 heterocycles. The lowest BCUT2D eigenvalue weighted by molar-refractivity contribution is 0.783. The summed E-state index contributed by atoms with van der Waals surface area (Å²) >= 11 is 0. The fourth-order valence-corrected chi connectivity index (χ4v) is 2.36. The summed E-state index contributed by atoms with van der Waals surface area (Å²) in [5, 5.41) is 0. The number of hydrogen-bond acceptors (Lipinski definition) is 0. The van der Waals surface area contributed by atoms with Crippen molar-refractivity contribution in [3.63, 3.8) is 0 Å². The first-order valence-corrected chi connectivity index (χ1v) is 8.18. The maximum absolute atomic E-state index is 4.06. The first kappa shape index (κ1) is 10.7. The number of unbranched alkanes of at least 4 members (excludes halogenated alkanes) is 2. The minimum atomic E-state index is -0.169. The van der Waals surface area contributed by atoms with Crippen molar-refractivity contribution in [1.29, 1.82) is 0 Å². The van der Waals surface area contributed by atoms with Crippen LogP contribution < -0.4 is 0 Å². The summed E-state index contributed by atoms with van der Waals surface area (Å²) in [6.07, 6.45) is 11.2. The molecule has 2 heteroatoms. The Morgan fingerprint density at radius 2 is 2.00 bits per heavy atom. The maximum atomic E-state index is 4.06. The van der Waals surface area contributed by atoms with Crippen LogP contribution in [0.2, 0.25) is 0 Å². The predicted octanol–water partition coefficient (Wildman–Crippen LogP) is 2.74. The third-order valence-corrected chi connectivity index (χ3v) is 3.59. The molecule has 0 aromatic rings. The van der Waals surface area contributed by atoms with E-state index >= 15 is 0 Å². The molecule has 0 aliphatic carbocycles. The van der Waals surface area contributed by atoms with Gasteiger partial charge in [-0.2, -0.15) is 0 Å². The second-order valence-corrected chi connectivity index (χ2v) is 6.49. The van der Waals surface area contributed by atoms with E-state index < -0.39 is 0 Å². The van der Waals surface area contributed by atoms with Crippen molar-refractivity contribution in [3.8, 4) is 0 Å². The van der Waals surface area contributed by atoms with E-state index in [-0.39, 0.29) is 7.55 Å². The van der Waals surface area contributed by atoms with Gasteiger partial charge in [-0.25, -0.2) is 0 Å². The van der Waals surface area contributed by atoms with Crippen molar-refractivity contribution in [2.24, 2.45) is 0 Å². The fraction of sp³-hybridized carbons (Fsp3) is 0.875. The molecular formula is C8H20P2. The van der Waals surface area contributed by atoms with Gasteiger partial charge in [0, 0.05) is 0 Å². The number of rotatable bonds is 6. The zero-order valence-corrected chi connectivity index (χ0v) is 9.24. The van der Waals surface area contributed by atoms with Crippen LogP contribution in [0, 0.1) is 0 Å². The summed E-state index contributed by atoms with van der Waals surface area (Å²) in [4.78, 5) is 0. The topological polar surface area (TPSA) is 0 Å². The maximum Gasteiger partial charge on any atom is -0.0356 e. The van der Waals surface area contributed by atoms with Gasteiger partial charge >= 0.3 is 0 Å². The van der Waals surface area contributed by atoms with Gasteiger partial charge in [0.1, 0.15) is 0 Å². The van der Waals surface area contributed by atoms with Gasteiger partial charge in [-0.15, -0.1) is 22.4 Å². The molecule has 0 N–H and O–H groups in total. The standard InChI is InChI=1S/C8H20P2/c1-9-7-5-4-6-8-10(2)3/h9-10H,2,4-8H2,1,3H3. The van der Waals surface area contributed by atoms with E-state index in [0.717, 1.165) is 8.58 Å². The molecule has 0 amide bonds. The van der Waals surface area contributed by atoms with E-state index in [0.29, 0.717) is 0 Å². The zero-order valence-electron chi connectivity index (χ0n) is 7.24. The second-order valence-electron chi connectivity index (χ2n) is 2.87. The molecule has 0 aliphatic rings. The smallest absolute Gasteiger partial charge is 0.0356 e. The van der Waals surface area contributed by atoms with Gasteiger partial charge in [0.15, 0.2) is 0 Å². The lowest BCUT2D eigenvalue weighted by Gasteiger charge is -1.99. The van der Waals surface area contributed by atoms with Gasteiger partial charge in [-0.05, 0) is 38.5 Å². The van der Waals surface area contributed by atoms with Crippen molar-refractivity contribution in [2.75, 3.05) is 25.7 Å². The van der Waals surface area contributed by atoms with Crippen molar-refractivity contribution in [1.82, 2.24) is 0 Å². The Morgan fingerprint density at radius 3 is 2.50 bits per heavy atom. The largest absolute Gasteiger partial charge is 0.128 e. The molecule has 0 saturated carbocycles. The van der Waals surface area contributed by atoms with Gasteiger partial charge in [0.25, 0.3) is 0 Å². The van der Waals surface area contributed by atoms with E-state index in [1.165, 1.54) is 31.6 Å². The van der Waals surface area contributed by atoms with Crippen molar-refractivity contribution in [2.45, 2.75) is 19.3 Å². The van der Waals surface area contributed by atoms with E-state index in [1.807, 2.05) is 0 Å². The van der Waals surface area contributed by atoms with Gasteiger partial charge in [-0.3, -0.25) is 0 Å². The van der Waals surface area contributed by atoms with Crippen LogP contribution in [0.3, 0.4) is 0 Å². The first-order valence-electron chi connectivity index (χ1n) is 4.06. The van der Waals surface area contributed by atoms with Crippen molar-refractivity contribution in [3.05, 3.63) is 0 Å². The Bertz CT molecular complexity index is 89.3. The molecule has 0 aromatic heterocycles. The fourth-order valence-electron chi connectivity index (χ4n) is 0.905. The molecule has 62 valence electrons. The lowest BCUT2D eigenvalue weighted by atomic mass is 10.3. The zero-order chi connectivity index (χ0) is 7.82. The summed E-state index contributed by atoms with van der Waals surface area (Å²) < 4.78 is 0. The van der Waals surface area contributed by atoms with Gasteiger partial charge in [0.2, 0.25) is 0 Å². The Morgan fingerprint density at radius 1 is 1.30 bits per heavy atom. The quantitative estimate of drug-likeness (QED) is 0.433. The minimum absolute atomic E-state index is 0.169. The minimum Gasteiger partial charge on any atom is -0.128 e. The third-order valence-electron chi connectivity index (χ3n) is 1.53. The average molecular weight is 178 g/mol. The van der Waals surface area contributed by atoms with E-state index in [4.69, 9.17) is 0 Å². The third kappa shape index (κ3) is 8.73. The summed E-state index contributed by atoms with van der Waals surface area (Å²) in [5.74, 6) is 0. The molecule has 0 saturated heterocycles. The summed E-state index contributed by atoms with van der Waals surface area (Å²) in [5.41, 5.74) is 0. The normalized spacial score (nSPS) is 14.6. The molecule has 2 atom stereocenters. The molecule has 0 nitrogen and oxygen atoms in total. The molecular weight excluding hydrogens is 158 g/mol. The highest BCUT2D eigenvalue weighted by molar-refractivity contribution is 7.54. The van der Waals surface area contributed by atoms with Crippen LogP contribution in [0.1, 0.15) is 19.3 Å². The molecule has 10 heavy (non-hydrogen) atoms. The molecule has 0 rings (SSSR count). The summed E-state index contributed by atoms with van der Waals surface area (Å²) in [6, 6.07) is 0. The Balaban J connectivity index is 2.84. The van der Waals surface area contributed by atoms with Crippen LogP contribution in [0.25, 0.3) is 0 Å². The van der Waals surface area contributed by atoms with E-state index in [1.54, 1.807) is 0 Å². The van der Waals surface area contributed by atoms with Gasteiger partial charge < -0.3 is 0 Å². The predicted molar refractivity (Wildman–Crippen MR) is 59.2 cm³/mol. The average Bonchev–Trinajstić information content (AvgIpc) is 1.87. The van der Waals surface area contributed by atoms with E-state index in [2.05, 4.69) is 19.6 Å². The monoisotopic (exact) mass is 178 g/mol. The first-order chi connectivity index (χ1) is 4.77. The molecule has 0 bridgehead atoms. The molecule has 0 aromatic carbocycles. The second kappa shape index (κ2) is 7.83. The molecule has 0 fully saturated rings. The van der Waals surface area contributed by atoms with Crippen LogP contribution >= 0.6 is 16.1 Å². The molecule has 2 unspecified atom stereocenters. The van der Waals surface area contributed by atoms with Crippen molar-refractivity contribution < 1.29 is 0 Å². The Labute approximate surface area is 68.0 Å². The van der Waals surface area contributed by atoms with Crippen molar-refractivity contribution >= 4 is 22.4 Å². The highest BCUT2D eigenvalue weighted by Gasteiger charge is 1.87. The molecule has 0 radical (unpaired) electrons. The SMILES string of the molecule is C=[PH](C)CCCCCPC. The molecule has 0 spiro atoms. The van der Waals surface area contributed by atoms with Crippen LogP contribution in [-0.2, 0) is 0 Å². The van der Waals surface area contributed by atoms with Gasteiger partial charge in [-0.1, -0.05) is 6.42 Å².